The van der Waals surface area contributed by atoms with Crippen molar-refractivity contribution in [3.8, 4) is 17.7 Å². The number of carbonyl (C=O) groups is 1. The van der Waals surface area contributed by atoms with Crippen LogP contribution in [0.2, 0.25) is 0 Å². The number of nitrogens with zero attached hydrogens (tertiary/aromatic N) is 3. The normalized spacial score (nSPS) is 10.5. The largest absolute Gasteiger partial charge is 0.494 e. The molecule has 30 heavy (non-hydrogen) atoms. The Bertz CT molecular complexity index is 1210. The van der Waals surface area contributed by atoms with Gasteiger partial charge in [-0.1, -0.05) is 18.2 Å². The highest BCUT2D eigenvalue weighted by atomic mass is 16.5. The van der Waals surface area contributed by atoms with Gasteiger partial charge in [0.25, 0.3) is 5.56 Å². The first-order valence-electron chi connectivity index (χ1n) is 9.32. The molecule has 0 radical (unpaired) electrons. The molecule has 2 aromatic heterocycles. The molecule has 7 nitrogen and oxygen atoms in total. The fraction of sp³-hybridized carbons (Fsp3) is 0.217. The predicted octanol–water partition coefficient (Wildman–Crippen LogP) is 3.06. The molecule has 1 N–H and O–H groups in total. The van der Waals surface area contributed by atoms with E-state index in [9.17, 15) is 20.0 Å². The summed E-state index contributed by atoms with van der Waals surface area (Å²) in [7, 11) is 0. The molecule has 3 aromatic rings. The lowest BCUT2D eigenvalue weighted by atomic mass is 10.0. The van der Waals surface area contributed by atoms with Crippen LogP contribution < -0.4 is 10.3 Å². The summed E-state index contributed by atoms with van der Waals surface area (Å²) in [6.45, 7) is 4.94. The highest BCUT2D eigenvalue weighted by Gasteiger charge is 2.24. The zero-order valence-electron chi connectivity index (χ0n) is 17.0. The van der Waals surface area contributed by atoms with Gasteiger partial charge in [0, 0.05) is 12.4 Å². The number of benzene rings is 1. The van der Waals surface area contributed by atoms with Crippen molar-refractivity contribution in [2.75, 3.05) is 6.61 Å². The molecule has 3 rings (SSSR count). The van der Waals surface area contributed by atoms with Gasteiger partial charge in [0.1, 0.15) is 17.4 Å². The smallest absolute Gasteiger partial charge is 0.271 e. The van der Waals surface area contributed by atoms with Crippen LogP contribution >= 0.6 is 0 Å². The number of ether oxygens (including phenoxy) is 1. The Morgan fingerprint density at radius 2 is 1.97 bits per heavy atom. The molecule has 0 atom stereocenters. The molecule has 0 aliphatic heterocycles. The van der Waals surface area contributed by atoms with Gasteiger partial charge >= 0.3 is 0 Å². The van der Waals surface area contributed by atoms with E-state index >= 15 is 0 Å². The van der Waals surface area contributed by atoms with E-state index in [0.717, 1.165) is 15.7 Å². The van der Waals surface area contributed by atoms with Crippen molar-refractivity contribution in [1.82, 2.24) is 9.55 Å². The maximum Gasteiger partial charge on any atom is 0.271 e. The van der Waals surface area contributed by atoms with Crippen LogP contribution in [0, 0.1) is 32.1 Å². The Kier molecular flexibility index (Phi) is 5.98. The van der Waals surface area contributed by atoms with Crippen LogP contribution in [0.1, 0.15) is 38.2 Å². The molecule has 0 bridgehead atoms. The summed E-state index contributed by atoms with van der Waals surface area (Å²) in [5.74, 6) is -0.457. The number of ketones is 1. The number of aryl methyl sites for hydroxylation is 1. The lowest BCUT2D eigenvalue weighted by Gasteiger charge is -2.16. The van der Waals surface area contributed by atoms with E-state index in [1.165, 1.54) is 6.92 Å². The average Bonchev–Trinajstić information content (AvgIpc) is 2.73. The molecule has 0 fully saturated rings. The highest BCUT2D eigenvalue weighted by molar-refractivity contribution is 6.01. The van der Waals surface area contributed by atoms with Gasteiger partial charge < -0.3 is 9.84 Å². The van der Waals surface area contributed by atoms with Gasteiger partial charge in [-0.25, -0.2) is 0 Å². The van der Waals surface area contributed by atoms with Crippen molar-refractivity contribution in [2.45, 2.75) is 27.3 Å². The van der Waals surface area contributed by atoms with Crippen molar-refractivity contribution >= 4 is 5.78 Å². The summed E-state index contributed by atoms with van der Waals surface area (Å²) in [5, 5.41) is 20.2. The van der Waals surface area contributed by atoms with Crippen LogP contribution in [-0.2, 0) is 6.54 Å². The Labute approximate surface area is 173 Å². The Morgan fingerprint density at radius 3 is 2.63 bits per heavy atom. The van der Waals surface area contributed by atoms with E-state index in [-0.39, 0.29) is 29.8 Å². The van der Waals surface area contributed by atoms with Gasteiger partial charge in [-0.2, -0.15) is 5.26 Å². The Hall–Kier alpha value is -3.92. The molecular weight excluding hydrogens is 382 g/mol. The molecular formula is C23H21N3O4. The number of pyridine rings is 2. The van der Waals surface area contributed by atoms with Crippen LogP contribution in [0.3, 0.4) is 0 Å². The second-order valence-electron chi connectivity index (χ2n) is 6.97. The molecule has 7 heteroatoms. The van der Waals surface area contributed by atoms with Crippen LogP contribution in [0.4, 0.5) is 0 Å². The third-order valence-electron chi connectivity index (χ3n) is 5.06. The molecule has 2 heterocycles. The van der Waals surface area contributed by atoms with E-state index in [1.807, 2.05) is 32.0 Å². The molecule has 0 aliphatic rings. The van der Waals surface area contributed by atoms with Crippen molar-refractivity contribution in [3.63, 3.8) is 0 Å². The number of nitriles is 1. The number of hydrogen-bond donors (Lipinski definition) is 1. The van der Waals surface area contributed by atoms with Crippen molar-refractivity contribution in [1.29, 1.82) is 5.26 Å². The third kappa shape index (κ3) is 3.94. The quantitative estimate of drug-likeness (QED) is 0.634. The van der Waals surface area contributed by atoms with Gasteiger partial charge in [-0.05, 0) is 55.2 Å². The SMILES string of the molecule is Cc1cccc(OCC(=O)c2c(C)c(C#N)c(=O)n(Cc3cccnc3)c2O)c1C. The summed E-state index contributed by atoms with van der Waals surface area (Å²) in [5.41, 5.74) is 1.77. The van der Waals surface area contributed by atoms with E-state index in [0.29, 0.717) is 11.3 Å². The Morgan fingerprint density at radius 1 is 1.20 bits per heavy atom. The number of Topliss-reactive ketones (excluding diaryl/α,β-unsaturated/α-hetero) is 1. The first kappa shape index (κ1) is 20.8. The fourth-order valence-corrected chi connectivity index (χ4v) is 3.20. The molecule has 0 aliphatic carbocycles. The topological polar surface area (TPSA) is 105 Å². The van der Waals surface area contributed by atoms with Crippen molar-refractivity contribution in [2.24, 2.45) is 0 Å². The summed E-state index contributed by atoms with van der Waals surface area (Å²) < 4.78 is 6.67. The van der Waals surface area contributed by atoms with Crippen molar-refractivity contribution in [3.05, 3.63) is 86.5 Å². The first-order valence-corrected chi connectivity index (χ1v) is 9.32. The second-order valence-corrected chi connectivity index (χ2v) is 6.97. The Balaban J connectivity index is 2.00. The zero-order valence-corrected chi connectivity index (χ0v) is 17.0. The standard InChI is InChI=1S/C23H21N3O4/c1-14-6-4-8-20(15(14)2)30-13-19(27)21-16(3)18(10-24)22(28)26(23(21)29)12-17-7-5-9-25-11-17/h4-9,11,29H,12-13H2,1-3H3. The van der Waals surface area contributed by atoms with Gasteiger partial charge in [0.15, 0.2) is 6.61 Å². The average molecular weight is 403 g/mol. The van der Waals surface area contributed by atoms with Gasteiger partial charge in [0.05, 0.1) is 12.1 Å². The zero-order chi connectivity index (χ0) is 21.8. The highest BCUT2D eigenvalue weighted by Crippen LogP contribution is 2.25. The predicted molar refractivity (Wildman–Crippen MR) is 111 cm³/mol. The molecule has 152 valence electrons. The van der Waals surface area contributed by atoms with E-state index in [4.69, 9.17) is 4.74 Å². The molecule has 0 spiro atoms. The molecule has 0 saturated carbocycles. The minimum Gasteiger partial charge on any atom is -0.494 e. The lowest BCUT2D eigenvalue weighted by Crippen LogP contribution is -2.28. The maximum atomic E-state index is 12.9. The summed E-state index contributed by atoms with van der Waals surface area (Å²) in [4.78, 5) is 29.6. The molecule has 0 amide bonds. The van der Waals surface area contributed by atoms with E-state index in [2.05, 4.69) is 4.98 Å². The second kappa shape index (κ2) is 8.62. The van der Waals surface area contributed by atoms with Crippen LogP contribution in [0.5, 0.6) is 11.6 Å². The van der Waals surface area contributed by atoms with Gasteiger partial charge in [0.2, 0.25) is 11.7 Å². The summed E-state index contributed by atoms with van der Waals surface area (Å²) in [6, 6.07) is 10.8. The lowest BCUT2D eigenvalue weighted by molar-refractivity contribution is 0.0916. The number of hydrogen-bond acceptors (Lipinski definition) is 6. The van der Waals surface area contributed by atoms with Gasteiger partial charge in [-0.15, -0.1) is 0 Å². The molecule has 0 saturated heterocycles. The number of aromatic hydroxyl groups is 1. The maximum absolute atomic E-state index is 12.9. The van der Waals surface area contributed by atoms with Crippen molar-refractivity contribution < 1.29 is 14.6 Å². The van der Waals surface area contributed by atoms with Crippen LogP contribution in [0.15, 0.2) is 47.5 Å². The first-order chi connectivity index (χ1) is 14.3. The monoisotopic (exact) mass is 403 g/mol. The van der Waals surface area contributed by atoms with Crippen LogP contribution in [0.25, 0.3) is 0 Å². The van der Waals surface area contributed by atoms with E-state index in [1.54, 1.807) is 30.6 Å². The summed E-state index contributed by atoms with van der Waals surface area (Å²) in [6.07, 6.45) is 3.13. The molecule has 1 aromatic carbocycles. The third-order valence-corrected chi connectivity index (χ3v) is 5.06. The van der Waals surface area contributed by atoms with Gasteiger partial charge in [-0.3, -0.25) is 19.1 Å². The molecule has 0 unspecified atom stereocenters. The summed E-state index contributed by atoms with van der Waals surface area (Å²) >= 11 is 0. The fourth-order valence-electron chi connectivity index (χ4n) is 3.20. The minimum absolute atomic E-state index is 0.0222. The number of aromatic nitrogens is 2. The van der Waals surface area contributed by atoms with E-state index < -0.39 is 17.2 Å². The minimum atomic E-state index is -0.664. The number of rotatable bonds is 6. The van der Waals surface area contributed by atoms with Crippen LogP contribution in [-0.4, -0.2) is 27.0 Å². The number of carbonyl (C=O) groups excluding carboxylic acids is 1.